The highest BCUT2D eigenvalue weighted by molar-refractivity contribution is 6.30. The molecule has 0 N–H and O–H groups in total. The van der Waals surface area contributed by atoms with Crippen LogP contribution in [0.25, 0.3) is 0 Å². The minimum Gasteiger partial charge on any atom is -0.383 e. The maximum atomic E-state index is 6.29. The van der Waals surface area contributed by atoms with Gasteiger partial charge in [-0.25, -0.2) is 9.97 Å². The number of halogens is 1. The van der Waals surface area contributed by atoms with Crippen molar-refractivity contribution in [2.24, 2.45) is 0 Å². The van der Waals surface area contributed by atoms with Crippen LogP contribution in [0, 0.1) is 6.92 Å². The van der Waals surface area contributed by atoms with E-state index in [0.29, 0.717) is 17.1 Å². The average Bonchev–Trinajstić information content (AvgIpc) is 3.27. The fraction of sp³-hybridized carbons (Fsp3) is 0.714. The molecule has 0 saturated heterocycles. The van der Waals surface area contributed by atoms with E-state index in [9.17, 15) is 0 Å². The van der Waals surface area contributed by atoms with E-state index >= 15 is 0 Å². The number of rotatable bonds is 6. The van der Waals surface area contributed by atoms with Gasteiger partial charge in [-0.1, -0.05) is 11.6 Å². The largest absolute Gasteiger partial charge is 0.383 e. The first-order valence-electron chi connectivity index (χ1n) is 7.00. The Bertz CT molecular complexity index is 472. The Hall–Kier alpha value is -0.870. The Kier molecular flexibility index (Phi) is 3.63. The summed E-state index contributed by atoms with van der Waals surface area (Å²) < 4.78 is 5.21. The van der Waals surface area contributed by atoms with E-state index in [1.807, 2.05) is 6.92 Å². The van der Waals surface area contributed by atoms with E-state index in [1.165, 1.54) is 25.7 Å². The van der Waals surface area contributed by atoms with Gasteiger partial charge in [-0.3, -0.25) is 0 Å². The van der Waals surface area contributed by atoms with E-state index < -0.39 is 0 Å². The summed E-state index contributed by atoms with van der Waals surface area (Å²) >= 11 is 6.29. The maximum Gasteiger partial charge on any atom is 0.137 e. The fourth-order valence-electron chi connectivity index (χ4n) is 2.34. The number of ether oxygens (including phenoxy) is 1. The Balaban J connectivity index is 1.91. The van der Waals surface area contributed by atoms with Crippen LogP contribution in [0.5, 0.6) is 0 Å². The van der Waals surface area contributed by atoms with Crippen LogP contribution in [0.4, 0.5) is 5.82 Å². The predicted octanol–water partition coefficient (Wildman–Crippen LogP) is 2.93. The number of methoxy groups -OCH3 is 1. The van der Waals surface area contributed by atoms with E-state index in [-0.39, 0.29) is 0 Å². The lowest BCUT2D eigenvalue weighted by molar-refractivity contribution is 0.204. The molecule has 0 aromatic carbocycles. The molecule has 3 rings (SSSR count). The number of hydrogen-bond donors (Lipinski definition) is 0. The minimum absolute atomic E-state index is 0.528. The van der Waals surface area contributed by atoms with E-state index in [4.69, 9.17) is 21.3 Å². The summed E-state index contributed by atoms with van der Waals surface area (Å²) in [6, 6.07) is 0.604. The van der Waals surface area contributed by atoms with Crippen molar-refractivity contribution in [3.63, 3.8) is 0 Å². The van der Waals surface area contributed by atoms with Crippen LogP contribution in [-0.4, -0.2) is 36.3 Å². The number of aromatic nitrogens is 2. The molecule has 2 aliphatic rings. The molecule has 0 spiro atoms. The molecule has 0 aliphatic heterocycles. The van der Waals surface area contributed by atoms with Crippen LogP contribution in [0.15, 0.2) is 0 Å². The summed E-state index contributed by atoms with van der Waals surface area (Å²) in [4.78, 5) is 11.6. The Morgan fingerprint density at radius 3 is 2.58 bits per heavy atom. The minimum atomic E-state index is 0.528. The first-order valence-corrected chi connectivity index (χ1v) is 7.38. The molecule has 5 heteroatoms. The first kappa shape index (κ1) is 13.1. The van der Waals surface area contributed by atoms with Crippen LogP contribution in [-0.2, 0) is 4.74 Å². The SMILES string of the molecule is COCCN(c1nc(C2CC2)nc(Cl)c1C)C1CC1. The zero-order chi connectivity index (χ0) is 13.4. The smallest absolute Gasteiger partial charge is 0.137 e. The molecule has 2 saturated carbocycles. The van der Waals surface area contributed by atoms with Gasteiger partial charge in [-0.15, -0.1) is 0 Å². The summed E-state index contributed by atoms with van der Waals surface area (Å²) in [6.45, 7) is 3.60. The molecular formula is C14H20ClN3O. The van der Waals surface area contributed by atoms with Crippen LogP contribution < -0.4 is 4.90 Å². The molecule has 0 bridgehead atoms. The first-order chi connectivity index (χ1) is 9.20. The monoisotopic (exact) mass is 281 g/mol. The molecule has 19 heavy (non-hydrogen) atoms. The zero-order valence-electron chi connectivity index (χ0n) is 11.5. The van der Waals surface area contributed by atoms with Gasteiger partial charge in [-0.2, -0.15) is 0 Å². The second-order valence-electron chi connectivity index (χ2n) is 5.51. The lowest BCUT2D eigenvalue weighted by Gasteiger charge is -2.25. The molecular weight excluding hydrogens is 262 g/mol. The quantitative estimate of drug-likeness (QED) is 0.752. The molecule has 2 fully saturated rings. The number of hydrogen-bond acceptors (Lipinski definition) is 4. The van der Waals surface area contributed by atoms with Gasteiger partial charge in [0.1, 0.15) is 16.8 Å². The molecule has 1 aromatic heterocycles. The number of anilines is 1. The van der Waals surface area contributed by atoms with Crippen LogP contribution >= 0.6 is 11.6 Å². The molecule has 2 aliphatic carbocycles. The van der Waals surface area contributed by atoms with Gasteiger partial charge in [0.05, 0.1) is 6.61 Å². The van der Waals surface area contributed by atoms with E-state index in [1.54, 1.807) is 7.11 Å². The second kappa shape index (κ2) is 5.25. The normalized spacial score (nSPS) is 18.7. The molecule has 0 radical (unpaired) electrons. The molecule has 1 aromatic rings. The molecule has 0 amide bonds. The molecule has 1 heterocycles. The van der Waals surface area contributed by atoms with Crippen LogP contribution in [0.1, 0.15) is 43.0 Å². The van der Waals surface area contributed by atoms with Crippen molar-refractivity contribution in [1.82, 2.24) is 9.97 Å². The van der Waals surface area contributed by atoms with Crippen molar-refractivity contribution < 1.29 is 4.74 Å². The van der Waals surface area contributed by atoms with Crippen LogP contribution in [0.2, 0.25) is 5.15 Å². The molecule has 0 unspecified atom stereocenters. The summed E-state index contributed by atoms with van der Waals surface area (Å²) in [5.41, 5.74) is 0.995. The molecule has 104 valence electrons. The van der Waals surface area contributed by atoms with Gasteiger partial charge in [0.15, 0.2) is 0 Å². The topological polar surface area (TPSA) is 38.2 Å². The van der Waals surface area contributed by atoms with Gasteiger partial charge in [-0.05, 0) is 32.6 Å². The Morgan fingerprint density at radius 2 is 2.00 bits per heavy atom. The lowest BCUT2D eigenvalue weighted by Crippen LogP contribution is -2.31. The standard InChI is InChI=1S/C14H20ClN3O/c1-9-12(15)16-13(10-3-4-10)17-14(9)18(7-8-19-2)11-5-6-11/h10-11H,3-8H2,1-2H3. The summed E-state index contributed by atoms with van der Waals surface area (Å²) in [5, 5.41) is 0.606. The highest BCUT2D eigenvalue weighted by Crippen LogP contribution is 2.41. The molecule has 0 atom stereocenters. The average molecular weight is 282 g/mol. The fourth-order valence-corrected chi connectivity index (χ4v) is 2.51. The highest BCUT2D eigenvalue weighted by Gasteiger charge is 2.33. The third-order valence-electron chi connectivity index (χ3n) is 3.82. The van der Waals surface area contributed by atoms with Gasteiger partial charge >= 0.3 is 0 Å². The third kappa shape index (κ3) is 2.84. The van der Waals surface area contributed by atoms with E-state index in [2.05, 4.69) is 9.88 Å². The lowest BCUT2D eigenvalue weighted by atomic mass is 10.3. The van der Waals surface area contributed by atoms with E-state index in [0.717, 1.165) is 30.4 Å². The third-order valence-corrected chi connectivity index (χ3v) is 4.18. The van der Waals surface area contributed by atoms with Crippen molar-refractivity contribution in [2.75, 3.05) is 25.2 Å². The number of nitrogens with zero attached hydrogens (tertiary/aromatic N) is 3. The predicted molar refractivity (Wildman–Crippen MR) is 76.0 cm³/mol. The van der Waals surface area contributed by atoms with Crippen molar-refractivity contribution in [2.45, 2.75) is 44.6 Å². The van der Waals surface area contributed by atoms with Gasteiger partial charge in [0.2, 0.25) is 0 Å². The Morgan fingerprint density at radius 1 is 1.26 bits per heavy atom. The van der Waals surface area contributed by atoms with Gasteiger partial charge in [0, 0.05) is 31.2 Å². The van der Waals surface area contributed by atoms with Crippen molar-refractivity contribution in [3.8, 4) is 0 Å². The summed E-state index contributed by atoms with van der Waals surface area (Å²) in [5.74, 6) is 2.47. The van der Waals surface area contributed by atoms with Crippen molar-refractivity contribution >= 4 is 17.4 Å². The van der Waals surface area contributed by atoms with Crippen molar-refractivity contribution in [1.29, 1.82) is 0 Å². The molecule has 4 nitrogen and oxygen atoms in total. The highest BCUT2D eigenvalue weighted by atomic mass is 35.5. The summed E-state index contributed by atoms with van der Waals surface area (Å²) in [6.07, 6.45) is 4.87. The zero-order valence-corrected chi connectivity index (χ0v) is 12.3. The van der Waals surface area contributed by atoms with Gasteiger partial charge in [0.25, 0.3) is 0 Å². The van der Waals surface area contributed by atoms with Gasteiger partial charge < -0.3 is 9.64 Å². The van der Waals surface area contributed by atoms with Crippen molar-refractivity contribution in [3.05, 3.63) is 16.5 Å². The Labute approximate surface area is 119 Å². The maximum absolute atomic E-state index is 6.29. The second-order valence-corrected chi connectivity index (χ2v) is 5.87. The summed E-state index contributed by atoms with van der Waals surface area (Å²) in [7, 11) is 1.74. The van der Waals surface area contributed by atoms with Crippen LogP contribution in [0.3, 0.4) is 0 Å².